The third-order valence-corrected chi connectivity index (χ3v) is 2.66. The van der Waals surface area contributed by atoms with Crippen molar-refractivity contribution >= 4 is 17.4 Å². The molecule has 0 fully saturated rings. The number of rotatable bonds is 2. The van der Waals surface area contributed by atoms with Crippen molar-refractivity contribution in [3.8, 4) is 11.6 Å². The molecule has 0 amide bonds. The Morgan fingerprint density at radius 2 is 2.00 bits per heavy atom. The van der Waals surface area contributed by atoms with Crippen LogP contribution in [0.4, 0.5) is 13.2 Å². The van der Waals surface area contributed by atoms with E-state index in [-0.39, 0.29) is 22.6 Å². The highest BCUT2D eigenvalue weighted by molar-refractivity contribution is 6.29. The maximum atomic E-state index is 12.8. The Labute approximate surface area is 120 Å². The zero-order valence-corrected chi connectivity index (χ0v) is 10.8. The van der Waals surface area contributed by atoms with Gasteiger partial charge in [0.15, 0.2) is 5.69 Å². The van der Waals surface area contributed by atoms with Crippen molar-refractivity contribution in [3.05, 3.63) is 41.6 Å². The number of alkyl halides is 3. The third-order valence-electron chi connectivity index (χ3n) is 2.43. The Morgan fingerprint density at radius 3 is 2.67 bits per heavy atom. The van der Waals surface area contributed by atoms with Gasteiger partial charge in [0.25, 0.3) is 5.78 Å². The Kier molecular flexibility index (Phi) is 3.13. The number of aromatic nitrogens is 5. The number of ether oxygens (including phenoxy) is 1. The van der Waals surface area contributed by atoms with Crippen LogP contribution in [-0.4, -0.2) is 24.6 Å². The number of hydrogen-bond donors (Lipinski definition) is 0. The van der Waals surface area contributed by atoms with Crippen LogP contribution in [0.1, 0.15) is 5.69 Å². The summed E-state index contributed by atoms with van der Waals surface area (Å²) >= 11 is 5.62. The lowest BCUT2D eigenvalue weighted by atomic mass is 10.4. The molecule has 3 aromatic heterocycles. The SMILES string of the molecule is FC(F)(F)c1cc(Oc2ccc(Cl)nc2)n2ncnc2n1. The molecular formula is C11H5ClF3N5O. The van der Waals surface area contributed by atoms with E-state index in [1.807, 2.05) is 0 Å². The van der Waals surface area contributed by atoms with E-state index in [2.05, 4.69) is 20.1 Å². The van der Waals surface area contributed by atoms with Crippen LogP contribution in [-0.2, 0) is 6.18 Å². The van der Waals surface area contributed by atoms with Gasteiger partial charge in [0.1, 0.15) is 17.2 Å². The first kappa shape index (κ1) is 13.6. The molecule has 0 atom stereocenters. The summed E-state index contributed by atoms with van der Waals surface area (Å²) in [6.45, 7) is 0. The van der Waals surface area contributed by atoms with E-state index in [1.165, 1.54) is 18.3 Å². The van der Waals surface area contributed by atoms with Gasteiger partial charge < -0.3 is 4.74 Å². The third kappa shape index (κ3) is 2.72. The summed E-state index contributed by atoms with van der Waals surface area (Å²) in [5.74, 6) is -0.203. The van der Waals surface area contributed by atoms with E-state index in [4.69, 9.17) is 16.3 Å². The van der Waals surface area contributed by atoms with Gasteiger partial charge in [-0.1, -0.05) is 11.6 Å². The molecule has 6 nitrogen and oxygen atoms in total. The van der Waals surface area contributed by atoms with Crippen LogP contribution in [0.2, 0.25) is 5.15 Å². The van der Waals surface area contributed by atoms with Crippen LogP contribution in [0.25, 0.3) is 5.78 Å². The summed E-state index contributed by atoms with van der Waals surface area (Å²) < 4.78 is 44.8. The maximum Gasteiger partial charge on any atom is 0.433 e. The van der Waals surface area contributed by atoms with Crippen molar-refractivity contribution in [2.45, 2.75) is 6.18 Å². The lowest BCUT2D eigenvalue weighted by Crippen LogP contribution is -2.10. The molecule has 0 aliphatic carbocycles. The van der Waals surface area contributed by atoms with Crippen molar-refractivity contribution in [2.24, 2.45) is 0 Å². The molecule has 21 heavy (non-hydrogen) atoms. The minimum absolute atomic E-state index is 0.186. The molecule has 0 bridgehead atoms. The molecule has 0 saturated heterocycles. The fourth-order valence-corrected chi connectivity index (χ4v) is 1.66. The van der Waals surface area contributed by atoms with E-state index < -0.39 is 11.9 Å². The molecule has 0 N–H and O–H groups in total. The Bertz CT molecular complexity index is 787. The minimum Gasteiger partial charge on any atom is -0.437 e. The molecule has 3 aromatic rings. The first-order chi connectivity index (χ1) is 9.93. The second kappa shape index (κ2) is 4.85. The van der Waals surface area contributed by atoms with Crippen molar-refractivity contribution in [1.82, 2.24) is 24.6 Å². The van der Waals surface area contributed by atoms with Crippen molar-refractivity contribution in [1.29, 1.82) is 0 Å². The fraction of sp³-hybridized carbons (Fsp3) is 0.0909. The number of nitrogens with zero attached hydrogens (tertiary/aromatic N) is 5. The monoisotopic (exact) mass is 315 g/mol. The maximum absolute atomic E-state index is 12.8. The van der Waals surface area contributed by atoms with Gasteiger partial charge in [-0.3, -0.25) is 0 Å². The van der Waals surface area contributed by atoms with E-state index in [0.29, 0.717) is 0 Å². The van der Waals surface area contributed by atoms with Crippen molar-refractivity contribution in [3.63, 3.8) is 0 Å². The molecule has 3 heterocycles. The topological polar surface area (TPSA) is 65.2 Å². The molecular weight excluding hydrogens is 311 g/mol. The first-order valence-corrected chi connectivity index (χ1v) is 5.89. The molecule has 0 aliphatic rings. The van der Waals surface area contributed by atoms with Crippen molar-refractivity contribution < 1.29 is 17.9 Å². The summed E-state index contributed by atoms with van der Waals surface area (Å²) in [5.41, 5.74) is -1.13. The normalized spacial score (nSPS) is 11.8. The van der Waals surface area contributed by atoms with E-state index in [0.717, 1.165) is 16.9 Å². The second-order valence-corrected chi connectivity index (χ2v) is 4.26. The number of pyridine rings is 1. The van der Waals surface area contributed by atoms with Crippen LogP contribution in [0.5, 0.6) is 11.6 Å². The second-order valence-electron chi connectivity index (χ2n) is 3.87. The quantitative estimate of drug-likeness (QED) is 0.680. The lowest BCUT2D eigenvalue weighted by molar-refractivity contribution is -0.141. The van der Waals surface area contributed by atoms with Crippen LogP contribution in [0.3, 0.4) is 0 Å². The van der Waals surface area contributed by atoms with Crippen LogP contribution < -0.4 is 4.74 Å². The van der Waals surface area contributed by atoms with Gasteiger partial charge in [0.05, 0.1) is 6.20 Å². The highest BCUT2D eigenvalue weighted by Gasteiger charge is 2.34. The van der Waals surface area contributed by atoms with E-state index in [1.54, 1.807) is 0 Å². The Balaban J connectivity index is 2.07. The van der Waals surface area contributed by atoms with Gasteiger partial charge in [-0.2, -0.15) is 27.8 Å². The summed E-state index contributed by atoms with van der Waals surface area (Å²) in [6, 6.07) is 3.64. The van der Waals surface area contributed by atoms with E-state index in [9.17, 15) is 13.2 Å². The molecule has 3 rings (SSSR count). The van der Waals surface area contributed by atoms with Crippen LogP contribution >= 0.6 is 11.6 Å². The molecule has 0 unspecified atom stereocenters. The molecule has 108 valence electrons. The van der Waals surface area contributed by atoms with Crippen LogP contribution in [0, 0.1) is 0 Å². The molecule has 0 saturated carbocycles. The average molecular weight is 316 g/mol. The van der Waals surface area contributed by atoms with Gasteiger partial charge in [-0.05, 0) is 12.1 Å². The van der Waals surface area contributed by atoms with Gasteiger partial charge in [-0.15, -0.1) is 0 Å². The average Bonchev–Trinajstić information content (AvgIpc) is 2.89. The summed E-state index contributed by atoms with van der Waals surface area (Å²) in [6.07, 6.45) is -2.27. The highest BCUT2D eigenvalue weighted by Crippen LogP contribution is 2.31. The van der Waals surface area contributed by atoms with Gasteiger partial charge in [-0.25, -0.2) is 9.97 Å². The highest BCUT2D eigenvalue weighted by atomic mass is 35.5. The molecule has 0 aliphatic heterocycles. The van der Waals surface area contributed by atoms with Gasteiger partial charge in [0.2, 0.25) is 5.88 Å². The number of halogens is 4. The number of hydrogen-bond acceptors (Lipinski definition) is 5. The standard InChI is InChI=1S/C11H5ClF3N5O/c12-8-2-1-6(4-16-8)21-9-3-7(11(13,14)15)19-10-17-5-18-20(9)10/h1-5H. The summed E-state index contributed by atoms with van der Waals surface area (Å²) in [5, 5.41) is 3.99. The van der Waals surface area contributed by atoms with E-state index >= 15 is 0 Å². The molecule has 0 radical (unpaired) electrons. The molecule has 0 spiro atoms. The zero-order chi connectivity index (χ0) is 15.0. The zero-order valence-electron chi connectivity index (χ0n) is 10.0. The number of fused-ring (bicyclic) bond motifs is 1. The van der Waals surface area contributed by atoms with Crippen molar-refractivity contribution in [2.75, 3.05) is 0 Å². The minimum atomic E-state index is -4.62. The van der Waals surface area contributed by atoms with Crippen LogP contribution in [0.15, 0.2) is 30.7 Å². The fourth-order valence-electron chi connectivity index (χ4n) is 1.55. The van der Waals surface area contributed by atoms with Gasteiger partial charge in [0, 0.05) is 6.07 Å². The molecule has 0 aromatic carbocycles. The van der Waals surface area contributed by atoms with Gasteiger partial charge >= 0.3 is 6.18 Å². The lowest BCUT2D eigenvalue weighted by Gasteiger charge is -2.10. The summed E-state index contributed by atoms with van der Waals surface area (Å²) in [7, 11) is 0. The predicted molar refractivity (Wildman–Crippen MR) is 65.1 cm³/mol. The predicted octanol–water partition coefficient (Wildman–Crippen LogP) is 2.98. The molecule has 10 heteroatoms. The smallest absolute Gasteiger partial charge is 0.433 e. The first-order valence-electron chi connectivity index (χ1n) is 5.51. The summed E-state index contributed by atoms with van der Waals surface area (Å²) in [4.78, 5) is 10.8. The largest absolute Gasteiger partial charge is 0.437 e. The Morgan fingerprint density at radius 1 is 1.19 bits per heavy atom. The Hall–Kier alpha value is -2.42.